The van der Waals surface area contributed by atoms with Crippen molar-refractivity contribution in [2.24, 2.45) is 22.8 Å². The van der Waals surface area contributed by atoms with Gasteiger partial charge in [0.25, 0.3) is 0 Å². The molecule has 0 aromatic heterocycles. The topological polar surface area (TPSA) is 78.3 Å². The highest BCUT2D eigenvalue weighted by Gasteiger charge is 2.45. The van der Waals surface area contributed by atoms with Crippen molar-refractivity contribution in [1.29, 1.82) is 0 Å². The first-order valence-corrected chi connectivity index (χ1v) is 5.60. The third kappa shape index (κ3) is 2.32. The first-order chi connectivity index (χ1) is 7.06. The minimum Gasteiger partial charge on any atom is -0.469 e. The summed E-state index contributed by atoms with van der Waals surface area (Å²) in [5.41, 5.74) is 11.2. The molecule has 0 aromatic rings. The summed E-state index contributed by atoms with van der Waals surface area (Å²) in [6.45, 7) is 2.54. The van der Waals surface area contributed by atoms with Gasteiger partial charge in [-0.25, -0.2) is 0 Å². The van der Waals surface area contributed by atoms with Gasteiger partial charge in [-0.2, -0.15) is 0 Å². The Morgan fingerprint density at radius 2 is 2.27 bits per heavy atom. The fourth-order valence-electron chi connectivity index (χ4n) is 2.61. The Morgan fingerprint density at radius 3 is 2.80 bits per heavy atom. The molecule has 1 aliphatic carbocycles. The van der Waals surface area contributed by atoms with Gasteiger partial charge in [-0.15, -0.1) is 0 Å². The highest BCUT2D eigenvalue weighted by atomic mass is 16.5. The number of hydrogen-bond donors (Lipinski definition) is 2. The normalized spacial score (nSPS) is 36.3. The van der Waals surface area contributed by atoms with Gasteiger partial charge in [0.15, 0.2) is 0 Å². The summed E-state index contributed by atoms with van der Waals surface area (Å²) in [6, 6.07) is -0.123. The van der Waals surface area contributed by atoms with E-state index in [1.165, 1.54) is 7.11 Å². The quantitative estimate of drug-likeness (QED) is 0.676. The number of nitrogens with two attached hydrogens (primary N) is 2. The van der Waals surface area contributed by atoms with E-state index in [-0.39, 0.29) is 12.0 Å². The van der Waals surface area contributed by atoms with Crippen LogP contribution in [0.3, 0.4) is 0 Å². The lowest BCUT2D eigenvalue weighted by molar-refractivity contribution is -0.156. The Labute approximate surface area is 91.3 Å². The first kappa shape index (κ1) is 12.5. The molecule has 0 amide bonds. The van der Waals surface area contributed by atoms with Crippen molar-refractivity contribution in [1.82, 2.24) is 0 Å². The maximum Gasteiger partial charge on any atom is 0.313 e. The lowest BCUT2D eigenvalue weighted by Gasteiger charge is -2.41. The molecule has 4 N–H and O–H groups in total. The van der Waals surface area contributed by atoms with Crippen molar-refractivity contribution in [2.75, 3.05) is 13.7 Å². The minimum absolute atomic E-state index is 0.123. The molecule has 0 spiro atoms. The predicted molar refractivity (Wildman–Crippen MR) is 59.1 cm³/mol. The second-order valence-electron chi connectivity index (χ2n) is 4.66. The Balaban J connectivity index is 2.76. The Morgan fingerprint density at radius 1 is 1.60 bits per heavy atom. The van der Waals surface area contributed by atoms with Crippen molar-refractivity contribution >= 4 is 5.97 Å². The first-order valence-electron chi connectivity index (χ1n) is 5.60. The number of carbonyl (C=O) groups is 1. The smallest absolute Gasteiger partial charge is 0.313 e. The van der Waals surface area contributed by atoms with Crippen LogP contribution in [-0.2, 0) is 9.53 Å². The van der Waals surface area contributed by atoms with E-state index >= 15 is 0 Å². The van der Waals surface area contributed by atoms with E-state index in [9.17, 15) is 4.79 Å². The zero-order chi connectivity index (χ0) is 11.5. The Kier molecular flexibility index (Phi) is 4.11. The summed E-state index contributed by atoms with van der Waals surface area (Å²) in [7, 11) is 1.42. The highest BCUT2D eigenvalue weighted by molar-refractivity contribution is 5.77. The van der Waals surface area contributed by atoms with Crippen LogP contribution in [0, 0.1) is 11.3 Å². The molecule has 4 nitrogen and oxygen atoms in total. The third-order valence-corrected chi connectivity index (χ3v) is 3.70. The van der Waals surface area contributed by atoms with E-state index in [1.807, 2.05) is 6.92 Å². The van der Waals surface area contributed by atoms with E-state index < -0.39 is 5.41 Å². The summed E-state index contributed by atoms with van der Waals surface area (Å²) in [4.78, 5) is 11.7. The van der Waals surface area contributed by atoms with E-state index in [0.717, 1.165) is 25.7 Å². The predicted octanol–water partition coefficient (Wildman–Crippen LogP) is 0.642. The molecule has 1 rings (SSSR count). The number of rotatable bonds is 3. The van der Waals surface area contributed by atoms with Crippen LogP contribution in [0.15, 0.2) is 0 Å². The van der Waals surface area contributed by atoms with Crippen molar-refractivity contribution in [3.8, 4) is 0 Å². The third-order valence-electron chi connectivity index (χ3n) is 3.70. The van der Waals surface area contributed by atoms with Crippen molar-refractivity contribution in [2.45, 2.75) is 38.6 Å². The second kappa shape index (κ2) is 4.94. The number of carbonyl (C=O) groups excluding carboxylic acids is 1. The molecule has 88 valence electrons. The lowest BCUT2D eigenvalue weighted by Crippen LogP contribution is -2.53. The molecule has 1 fully saturated rings. The zero-order valence-electron chi connectivity index (χ0n) is 9.66. The van der Waals surface area contributed by atoms with Crippen LogP contribution in [0.25, 0.3) is 0 Å². The minimum atomic E-state index is -0.521. The van der Waals surface area contributed by atoms with Gasteiger partial charge < -0.3 is 16.2 Å². The van der Waals surface area contributed by atoms with E-state index in [1.54, 1.807) is 0 Å². The molecule has 0 saturated heterocycles. The maximum atomic E-state index is 11.7. The molecule has 1 aliphatic rings. The van der Waals surface area contributed by atoms with Crippen LogP contribution in [-0.4, -0.2) is 25.7 Å². The van der Waals surface area contributed by atoms with Gasteiger partial charge in [0.05, 0.1) is 12.5 Å². The molecule has 15 heavy (non-hydrogen) atoms. The molecule has 0 heterocycles. The number of esters is 1. The largest absolute Gasteiger partial charge is 0.469 e. The average molecular weight is 214 g/mol. The molecule has 0 aliphatic heterocycles. The standard InChI is InChI=1S/C11H22N2O2/c1-11(10(14)15-2)6-3-4-8(5-7-12)9(11)13/h8-9H,3-7,12-13H2,1-2H3/t8?,9?,11-/m0/s1. The summed E-state index contributed by atoms with van der Waals surface area (Å²) in [5, 5.41) is 0. The summed E-state index contributed by atoms with van der Waals surface area (Å²) in [6.07, 6.45) is 3.82. The zero-order valence-corrected chi connectivity index (χ0v) is 9.66. The van der Waals surface area contributed by atoms with Crippen molar-refractivity contribution in [3.63, 3.8) is 0 Å². The van der Waals surface area contributed by atoms with Crippen LogP contribution in [0.5, 0.6) is 0 Å². The van der Waals surface area contributed by atoms with Gasteiger partial charge in [-0.1, -0.05) is 6.42 Å². The monoisotopic (exact) mass is 214 g/mol. The summed E-state index contributed by atoms with van der Waals surface area (Å²) < 4.78 is 4.84. The highest BCUT2D eigenvalue weighted by Crippen LogP contribution is 2.40. The lowest BCUT2D eigenvalue weighted by atomic mass is 9.66. The molecule has 1 saturated carbocycles. The Hall–Kier alpha value is -0.610. The molecular formula is C11H22N2O2. The van der Waals surface area contributed by atoms with Crippen molar-refractivity contribution < 1.29 is 9.53 Å². The van der Waals surface area contributed by atoms with Gasteiger partial charge in [-0.3, -0.25) is 4.79 Å². The van der Waals surface area contributed by atoms with Gasteiger partial charge >= 0.3 is 5.97 Å². The molecule has 0 radical (unpaired) electrons. The molecule has 0 bridgehead atoms. The molecular weight excluding hydrogens is 192 g/mol. The van der Waals surface area contributed by atoms with Gasteiger partial charge in [0.1, 0.15) is 0 Å². The average Bonchev–Trinajstić information content (AvgIpc) is 2.24. The van der Waals surface area contributed by atoms with Crippen LogP contribution >= 0.6 is 0 Å². The molecule has 2 unspecified atom stereocenters. The summed E-state index contributed by atoms with van der Waals surface area (Å²) >= 11 is 0. The van der Waals surface area contributed by atoms with Crippen molar-refractivity contribution in [3.05, 3.63) is 0 Å². The van der Waals surface area contributed by atoms with Crippen LogP contribution in [0.2, 0.25) is 0 Å². The van der Waals surface area contributed by atoms with Gasteiger partial charge in [0, 0.05) is 6.04 Å². The maximum absolute atomic E-state index is 11.7. The molecule has 3 atom stereocenters. The number of methoxy groups -OCH3 is 1. The SMILES string of the molecule is COC(=O)[C@@]1(C)CCCC(CCN)C1N. The number of hydrogen-bond acceptors (Lipinski definition) is 4. The number of ether oxygens (including phenoxy) is 1. The van der Waals surface area contributed by atoms with Crippen LogP contribution in [0.4, 0.5) is 0 Å². The molecule has 0 aromatic carbocycles. The molecule has 4 heteroatoms. The van der Waals surface area contributed by atoms with E-state index in [4.69, 9.17) is 16.2 Å². The Bertz CT molecular complexity index is 231. The van der Waals surface area contributed by atoms with E-state index in [0.29, 0.717) is 12.5 Å². The van der Waals surface area contributed by atoms with Crippen LogP contribution in [0.1, 0.15) is 32.6 Å². The van der Waals surface area contributed by atoms with Gasteiger partial charge in [0.2, 0.25) is 0 Å². The fraction of sp³-hybridized carbons (Fsp3) is 0.909. The van der Waals surface area contributed by atoms with Gasteiger partial charge in [-0.05, 0) is 38.6 Å². The fourth-order valence-corrected chi connectivity index (χ4v) is 2.61. The second-order valence-corrected chi connectivity index (χ2v) is 4.66. The van der Waals surface area contributed by atoms with E-state index in [2.05, 4.69) is 0 Å². The van der Waals surface area contributed by atoms with Crippen LogP contribution < -0.4 is 11.5 Å². The summed E-state index contributed by atoms with van der Waals surface area (Å²) in [5.74, 6) is 0.171.